The lowest BCUT2D eigenvalue weighted by Gasteiger charge is -1.99. The van der Waals surface area contributed by atoms with Gasteiger partial charge in [-0.3, -0.25) is 0 Å². The lowest BCUT2D eigenvalue weighted by molar-refractivity contribution is 0.0526. The van der Waals surface area contributed by atoms with Gasteiger partial charge in [-0.05, 0) is 19.1 Å². The molecular weight excluding hydrogens is 168 g/mol. The van der Waals surface area contributed by atoms with Gasteiger partial charge in [0.2, 0.25) is 0 Å². The van der Waals surface area contributed by atoms with E-state index >= 15 is 0 Å². The first kappa shape index (κ1) is 9.20. The van der Waals surface area contributed by atoms with E-state index in [1.807, 2.05) is 6.07 Å². The van der Waals surface area contributed by atoms with Crippen molar-refractivity contribution in [2.75, 3.05) is 6.61 Å². The van der Waals surface area contributed by atoms with Crippen LogP contribution in [0.1, 0.15) is 23.0 Å². The fraction of sp³-hybridized carbons (Fsp3) is 0.222. The molecule has 13 heavy (non-hydrogen) atoms. The zero-order valence-electron chi connectivity index (χ0n) is 7.15. The highest BCUT2D eigenvalue weighted by molar-refractivity contribution is 5.88. The molecule has 1 aromatic rings. The van der Waals surface area contributed by atoms with E-state index < -0.39 is 5.97 Å². The number of carbonyl (C=O) groups excluding carboxylic acids is 1. The minimum atomic E-state index is -0.417. The molecule has 0 saturated heterocycles. The third kappa shape index (κ3) is 2.27. The highest BCUT2D eigenvalue weighted by Crippen LogP contribution is 2.01. The van der Waals surface area contributed by atoms with Crippen molar-refractivity contribution in [2.45, 2.75) is 6.92 Å². The van der Waals surface area contributed by atoms with Crippen LogP contribution in [0.3, 0.4) is 0 Å². The van der Waals surface area contributed by atoms with Crippen molar-refractivity contribution >= 4 is 5.97 Å². The van der Waals surface area contributed by atoms with Crippen LogP contribution in [0.5, 0.6) is 0 Å². The molecule has 1 rings (SSSR count). The van der Waals surface area contributed by atoms with Gasteiger partial charge < -0.3 is 4.74 Å². The van der Waals surface area contributed by atoms with Gasteiger partial charge in [-0.1, -0.05) is 0 Å². The second-order valence-corrected chi connectivity index (χ2v) is 2.26. The van der Waals surface area contributed by atoms with Crippen LogP contribution in [0.4, 0.5) is 0 Å². The molecule has 0 radical (unpaired) electrons. The molecule has 4 nitrogen and oxygen atoms in total. The maximum absolute atomic E-state index is 11.1. The fourth-order valence-corrected chi connectivity index (χ4v) is 0.795. The summed E-state index contributed by atoms with van der Waals surface area (Å²) in [5, 5.41) is 8.44. The van der Waals surface area contributed by atoms with Gasteiger partial charge in [-0.15, -0.1) is 0 Å². The van der Waals surface area contributed by atoms with E-state index in [-0.39, 0.29) is 5.69 Å². The van der Waals surface area contributed by atoms with Crippen LogP contribution in [-0.4, -0.2) is 17.6 Å². The van der Waals surface area contributed by atoms with Gasteiger partial charge in [-0.2, -0.15) is 5.26 Å². The Bertz CT molecular complexity index is 338. The van der Waals surface area contributed by atoms with E-state index in [0.717, 1.165) is 0 Å². The summed E-state index contributed by atoms with van der Waals surface area (Å²) in [5.41, 5.74) is 0.647. The molecule has 0 N–H and O–H groups in total. The van der Waals surface area contributed by atoms with E-state index in [1.165, 1.54) is 18.3 Å². The minimum Gasteiger partial charge on any atom is -0.462 e. The summed E-state index contributed by atoms with van der Waals surface area (Å²) in [4.78, 5) is 14.8. The number of aromatic nitrogens is 1. The van der Waals surface area contributed by atoms with Crippen molar-refractivity contribution in [3.05, 3.63) is 29.6 Å². The normalized spacial score (nSPS) is 8.92. The second kappa shape index (κ2) is 4.21. The predicted octanol–water partition coefficient (Wildman–Crippen LogP) is 1.13. The number of esters is 1. The van der Waals surface area contributed by atoms with Crippen LogP contribution in [0.2, 0.25) is 0 Å². The lowest BCUT2D eigenvalue weighted by atomic mass is 10.2. The van der Waals surface area contributed by atoms with Crippen LogP contribution in [-0.2, 0) is 4.74 Å². The zero-order valence-corrected chi connectivity index (χ0v) is 7.15. The Kier molecular flexibility index (Phi) is 2.98. The average Bonchev–Trinajstić information content (AvgIpc) is 2.18. The standard InChI is InChI=1S/C9H8N2O2/c1-2-13-9(12)7-3-4-8(5-10)11-6-7/h3-4,6H,2H2,1H3. The van der Waals surface area contributed by atoms with Crippen molar-refractivity contribution < 1.29 is 9.53 Å². The summed E-state index contributed by atoms with van der Waals surface area (Å²) in [6.07, 6.45) is 1.33. The van der Waals surface area contributed by atoms with Crippen molar-refractivity contribution in [1.82, 2.24) is 4.98 Å². The summed E-state index contributed by atoms with van der Waals surface area (Å²) < 4.78 is 4.74. The van der Waals surface area contributed by atoms with E-state index in [2.05, 4.69) is 4.98 Å². The molecule has 0 aliphatic rings. The van der Waals surface area contributed by atoms with Gasteiger partial charge in [0.15, 0.2) is 0 Å². The molecule has 0 aliphatic carbocycles. The van der Waals surface area contributed by atoms with Crippen LogP contribution < -0.4 is 0 Å². The Hall–Kier alpha value is -1.89. The van der Waals surface area contributed by atoms with Gasteiger partial charge in [0.05, 0.1) is 12.2 Å². The molecule has 66 valence electrons. The summed E-state index contributed by atoms with van der Waals surface area (Å²) >= 11 is 0. The molecule has 0 aromatic carbocycles. The second-order valence-electron chi connectivity index (χ2n) is 2.26. The molecule has 0 fully saturated rings. The van der Waals surface area contributed by atoms with Crippen molar-refractivity contribution in [1.29, 1.82) is 5.26 Å². The van der Waals surface area contributed by atoms with E-state index in [1.54, 1.807) is 6.92 Å². The maximum atomic E-state index is 11.1. The number of pyridine rings is 1. The zero-order chi connectivity index (χ0) is 9.68. The maximum Gasteiger partial charge on any atom is 0.339 e. The first-order valence-corrected chi connectivity index (χ1v) is 3.81. The van der Waals surface area contributed by atoms with Gasteiger partial charge in [-0.25, -0.2) is 9.78 Å². The van der Waals surface area contributed by atoms with Gasteiger partial charge in [0.1, 0.15) is 11.8 Å². The number of nitriles is 1. The number of carbonyl (C=O) groups is 1. The molecule has 0 saturated carbocycles. The monoisotopic (exact) mass is 176 g/mol. The number of ether oxygens (including phenoxy) is 1. The average molecular weight is 176 g/mol. The summed E-state index contributed by atoms with van der Waals surface area (Å²) in [6.45, 7) is 2.06. The van der Waals surface area contributed by atoms with Crippen LogP contribution in [0.25, 0.3) is 0 Å². The van der Waals surface area contributed by atoms with Crippen LogP contribution in [0.15, 0.2) is 18.3 Å². The Morgan fingerprint density at radius 3 is 2.92 bits per heavy atom. The molecule has 0 atom stereocenters. The highest BCUT2D eigenvalue weighted by Gasteiger charge is 2.05. The topological polar surface area (TPSA) is 63.0 Å². The van der Waals surface area contributed by atoms with Gasteiger partial charge in [0, 0.05) is 6.20 Å². The van der Waals surface area contributed by atoms with Gasteiger partial charge in [0.25, 0.3) is 0 Å². The summed E-state index contributed by atoms with van der Waals surface area (Å²) in [5.74, 6) is -0.417. The first-order valence-electron chi connectivity index (χ1n) is 3.81. The van der Waals surface area contributed by atoms with E-state index in [9.17, 15) is 4.79 Å². The summed E-state index contributed by atoms with van der Waals surface area (Å²) in [7, 11) is 0. The third-order valence-electron chi connectivity index (χ3n) is 1.39. The Morgan fingerprint density at radius 2 is 2.46 bits per heavy atom. The van der Waals surface area contributed by atoms with E-state index in [4.69, 9.17) is 10.00 Å². The smallest absolute Gasteiger partial charge is 0.339 e. The SMILES string of the molecule is CCOC(=O)c1ccc(C#N)nc1. The Morgan fingerprint density at radius 1 is 1.69 bits per heavy atom. The van der Waals surface area contributed by atoms with Crippen LogP contribution >= 0.6 is 0 Å². The number of nitrogens with zero attached hydrogens (tertiary/aromatic N) is 2. The predicted molar refractivity (Wildman–Crippen MR) is 44.9 cm³/mol. The molecule has 1 aromatic heterocycles. The quantitative estimate of drug-likeness (QED) is 0.633. The molecule has 1 heterocycles. The largest absolute Gasteiger partial charge is 0.462 e. The molecule has 0 amide bonds. The Balaban J connectivity index is 2.81. The minimum absolute atomic E-state index is 0.285. The first-order chi connectivity index (χ1) is 6.27. The fourth-order valence-electron chi connectivity index (χ4n) is 0.795. The molecule has 0 unspecified atom stereocenters. The van der Waals surface area contributed by atoms with Gasteiger partial charge >= 0.3 is 5.97 Å². The number of hydrogen-bond donors (Lipinski definition) is 0. The molecule has 0 spiro atoms. The number of rotatable bonds is 2. The third-order valence-corrected chi connectivity index (χ3v) is 1.39. The highest BCUT2D eigenvalue weighted by atomic mass is 16.5. The number of hydrogen-bond acceptors (Lipinski definition) is 4. The van der Waals surface area contributed by atoms with Crippen LogP contribution in [0, 0.1) is 11.3 Å². The lowest BCUT2D eigenvalue weighted by Crippen LogP contribution is -2.04. The van der Waals surface area contributed by atoms with E-state index in [0.29, 0.717) is 12.2 Å². The van der Waals surface area contributed by atoms with Crippen molar-refractivity contribution in [2.24, 2.45) is 0 Å². The molecule has 0 aliphatic heterocycles. The van der Waals surface area contributed by atoms with Crippen molar-refractivity contribution in [3.63, 3.8) is 0 Å². The molecule has 4 heteroatoms. The van der Waals surface area contributed by atoms with Crippen molar-refractivity contribution in [3.8, 4) is 6.07 Å². The summed E-state index contributed by atoms with van der Waals surface area (Å²) in [6, 6.07) is 4.86. The Labute approximate surface area is 75.8 Å². The molecule has 0 bridgehead atoms. The molecular formula is C9H8N2O2.